The Labute approximate surface area is 169 Å². The van der Waals surface area contributed by atoms with Crippen LogP contribution in [0.25, 0.3) is 5.69 Å². The molecule has 0 spiro atoms. The summed E-state index contributed by atoms with van der Waals surface area (Å²) in [7, 11) is 1.68. The first-order chi connectivity index (χ1) is 14.2. The number of hydrogen-bond donors (Lipinski definition) is 1. The Kier molecular flexibility index (Phi) is 5.53. The Morgan fingerprint density at radius 1 is 0.897 bits per heavy atom. The number of anilines is 2. The van der Waals surface area contributed by atoms with Gasteiger partial charge in [0.15, 0.2) is 0 Å². The van der Waals surface area contributed by atoms with Crippen molar-refractivity contribution in [3.05, 3.63) is 65.3 Å². The molecular formula is C21H25N5O3. The molecule has 0 saturated carbocycles. The Bertz CT molecular complexity index is 986. The summed E-state index contributed by atoms with van der Waals surface area (Å²) < 4.78 is 7.97. The van der Waals surface area contributed by atoms with Crippen LogP contribution in [-0.2, 0) is 6.54 Å². The lowest BCUT2D eigenvalue weighted by atomic mass is 10.2. The van der Waals surface area contributed by atoms with E-state index >= 15 is 0 Å². The third-order valence-electron chi connectivity index (χ3n) is 5.26. The van der Waals surface area contributed by atoms with Gasteiger partial charge in [-0.25, -0.2) is 14.0 Å². The van der Waals surface area contributed by atoms with E-state index in [0.717, 1.165) is 43.3 Å². The van der Waals surface area contributed by atoms with Gasteiger partial charge in [0.25, 0.3) is 0 Å². The lowest BCUT2D eigenvalue weighted by Gasteiger charge is -2.37. The summed E-state index contributed by atoms with van der Waals surface area (Å²) >= 11 is 0. The van der Waals surface area contributed by atoms with Crippen LogP contribution in [0, 0.1) is 0 Å². The van der Waals surface area contributed by atoms with Crippen molar-refractivity contribution in [2.75, 3.05) is 49.7 Å². The zero-order chi connectivity index (χ0) is 20.2. The van der Waals surface area contributed by atoms with Crippen molar-refractivity contribution in [3.8, 4) is 11.4 Å². The van der Waals surface area contributed by atoms with E-state index in [9.17, 15) is 4.79 Å². The number of hydrogen-bond acceptors (Lipinski definition) is 6. The highest BCUT2D eigenvalue weighted by Crippen LogP contribution is 2.23. The zero-order valence-electron chi connectivity index (χ0n) is 16.4. The molecular weight excluding hydrogens is 370 g/mol. The van der Waals surface area contributed by atoms with E-state index < -0.39 is 0 Å². The lowest BCUT2D eigenvalue weighted by molar-refractivity contribution is 0.267. The summed E-state index contributed by atoms with van der Waals surface area (Å²) in [5.41, 5.74) is 2.86. The molecule has 0 bridgehead atoms. The van der Waals surface area contributed by atoms with E-state index in [1.165, 1.54) is 21.3 Å². The van der Waals surface area contributed by atoms with E-state index in [1.807, 2.05) is 36.4 Å². The predicted octanol–water partition coefficient (Wildman–Crippen LogP) is 1.36. The quantitative estimate of drug-likeness (QED) is 0.679. The maximum Gasteiger partial charge on any atom is 0.350 e. The van der Waals surface area contributed by atoms with Crippen molar-refractivity contribution in [2.45, 2.75) is 6.54 Å². The Morgan fingerprint density at radius 2 is 1.41 bits per heavy atom. The van der Waals surface area contributed by atoms with Crippen molar-refractivity contribution in [1.82, 2.24) is 14.3 Å². The Balaban J connectivity index is 1.41. The van der Waals surface area contributed by atoms with Crippen LogP contribution < -0.4 is 20.2 Å². The fourth-order valence-electron chi connectivity index (χ4n) is 3.60. The average molecular weight is 395 g/mol. The predicted molar refractivity (Wildman–Crippen MR) is 112 cm³/mol. The van der Waals surface area contributed by atoms with Gasteiger partial charge in [-0.05, 0) is 48.5 Å². The number of piperazine rings is 1. The number of nitrogens with zero attached hydrogens (tertiary/aromatic N) is 5. The van der Waals surface area contributed by atoms with Gasteiger partial charge in [-0.3, -0.25) is 0 Å². The van der Waals surface area contributed by atoms with Crippen molar-refractivity contribution in [2.24, 2.45) is 0 Å². The number of benzene rings is 2. The monoisotopic (exact) mass is 395 g/mol. The van der Waals surface area contributed by atoms with Gasteiger partial charge in [-0.1, -0.05) is 0 Å². The summed E-state index contributed by atoms with van der Waals surface area (Å²) in [5, 5.41) is 13.0. The smallest absolute Gasteiger partial charge is 0.350 e. The average Bonchev–Trinajstić information content (AvgIpc) is 3.14. The minimum atomic E-state index is -0.250. The summed E-state index contributed by atoms with van der Waals surface area (Å²) in [6.07, 6.45) is 1.49. The van der Waals surface area contributed by atoms with Crippen LogP contribution in [0.2, 0.25) is 0 Å². The molecule has 1 aromatic heterocycles. The normalized spacial score (nSPS) is 14.3. The van der Waals surface area contributed by atoms with E-state index in [1.54, 1.807) is 7.11 Å². The SMILES string of the molecule is COc1ccc(N2CCN(c3ccc(-n4cnn(CCO)c4=O)cc3)CC2)cc1. The number of rotatable bonds is 6. The molecule has 29 heavy (non-hydrogen) atoms. The summed E-state index contributed by atoms with van der Waals surface area (Å²) in [4.78, 5) is 17.0. The molecule has 2 aromatic carbocycles. The van der Waals surface area contributed by atoms with Crippen molar-refractivity contribution < 1.29 is 9.84 Å². The van der Waals surface area contributed by atoms with E-state index in [4.69, 9.17) is 9.84 Å². The molecule has 0 amide bonds. The first-order valence-corrected chi connectivity index (χ1v) is 9.69. The second-order valence-electron chi connectivity index (χ2n) is 6.92. The summed E-state index contributed by atoms with van der Waals surface area (Å²) in [5.74, 6) is 0.869. The van der Waals surface area contributed by atoms with Gasteiger partial charge in [0.1, 0.15) is 12.1 Å². The lowest BCUT2D eigenvalue weighted by Crippen LogP contribution is -2.46. The van der Waals surface area contributed by atoms with Gasteiger partial charge in [-0.2, -0.15) is 5.10 Å². The molecule has 0 atom stereocenters. The van der Waals surface area contributed by atoms with Gasteiger partial charge in [0, 0.05) is 37.6 Å². The first kappa shape index (κ1) is 19.1. The fourth-order valence-corrected chi connectivity index (χ4v) is 3.60. The highest BCUT2D eigenvalue weighted by molar-refractivity contribution is 5.54. The van der Waals surface area contributed by atoms with Crippen molar-refractivity contribution in [3.63, 3.8) is 0 Å². The fraction of sp³-hybridized carbons (Fsp3) is 0.333. The largest absolute Gasteiger partial charge is 0.497 e. The van der Waals surface area contributed by atoms with Crippen LogP contribution >= 0.6 is 0 Å². The highest BCUT2D eigenvalue weighted by atomic mass is 16.5. The van der Waals surface area contributed by atoms with Crippen molar-refractivity contribution >= 4 is 11.4 Å². The molecule has 1 N–H and O–H groups in total. The maximum absolute atomic E-state index is 12.3. The third-order valence-corrected chi connectivity index (χ3v) is 5.26. The Hall–Kier alpha value is -3.26. The van der Waals surface area contributed by atoms with Crippen molar-refractivity contribution in [1.29, 1.82) is 0 Å². The number of aliphatic hydroxyl groups excluding tert-OH is 1. The minimum absolute atomic E-state index is 0.113. The highest BCUT2D eigenvalue weighted by Gasteiger charge is 2.18. The Morgan fingerprint density at radius 3 is 1.93 bits per heavy atom. The van der Waals surface area contributed by atoms with Gasteiger partial charge in [-0.15, -0.1) is 0 Å². The van der Waals surface area contributed by atoms with E-state index in [0.29, 0.717) is 0 Å². The standard InChI is InChI=1S/C21H25N5O3/c1-29-20-8-6-18(7-9-20)24-12-10-23(11-13-24)17-2-4-19(5-3-17)25-16-22-26(14-15-27)21(25)28/h2-9,16,27H,10-15H2,1H3. The number of ether oxygens (including phenoxy) is 1. The molecule has 0 radical (unpaired) electrons. The van der Waals surface area contributed by atoms with Gasteiger partial charge in [0.2, 0.25) is 0 Å². The van der Waals surface area contributed by atoms with Crippen LogP contribution in [0.5, 0.6) is 5.75 Å². The zero-order valence-corrected chi connectivity index (χ0v) is 16.4. The van der Waals surface area contributed by atoms with Crippen LogP contribution in [0.1, 0.15) is 0 Å². The van der Waals surface area contributed by atoms with Gasteiger partial charge < -0.3 is 19.6 Å². The molecule has 3 aromatic rings. The third kappa shape index (κ3) is 3.97. The summed E-state index contributed by atoms with van der Waals surface area (Å²) in [6, 6.07) is 16.1. The molecule has 4 rings (SSSR count). The molecule has 0 unspecified atom stereocenters. The second-order valence-corrected chi connectivity index (χ2v) is 6.92. The molecule has 1 saturated heterocycles. The van der Waals surface area contributed by atoms with Crippen LogP contribution in [-0.4, -0.2) is 59.3 Å². The molecule has 152 valence electrons. The number of aliphatic hydroxyl groups is 1. The maximum atomic E-state index is 12.3. The topological polar surface area (TPSA) is 75.8 Å². The number of aromatic nitrogens is 3. The first-order valence-electron chi connectivity index (χ1n) is 9.69. The summed E-state index contributed by atoms with van der Waals surface area (Å²) in [6.45, 7) is 3.84. The molecule has 1 aliphatic heterocycles. The molecule has 2 heterocycles. The minimum Gasteiger partial charge on any atom is -0.497 e. The molecule has 1 aliphatic rings. The van der Waals surface area contributed by atoms with Gasteiger partial charge in [0.05, 0.1) is 25.9 Å². The van der Waals surface area contributed by atoms with Crippen LogP contribution in [0.3, 0.4) is 0 Å². The molecule has 1 fully saturated rings. The molecule has 8 nitrogen and oxygen atoms in total. The molecule has 8 heteroatoms. The van der Waals surface area contributed by atoms with Gasteiger partial charge >= 0.3 is 5.69 Å². The second kappa shape index (κ2) is 8.40. The van der Waals surface area contributed by atoms with E-state index in [2.05, 4.69) is 27.0 Å². The number of methoxy groups -OCH3 is 1. The van der Waals surface area contributed by atoms with Crippen LogP contribution in [0.4, 0.5) is 11.4 Å². The van der Waals surface area contributed by atoms with Crippen LogP contribution in [0.15, 0.2) is 59.7 Å². The van der Waals surface area contributed by atoms with E-state index in [-0.39, 0.29) is 18.8 Å². The molecule has 0 aliphatic carbocycles.